The van der Waals surface area contributed by atoms with Crippen LogP contribution in [0.2, 0.25) is 0 Å². The van der Waals surface area contributed by atoms with Crippen LogP contribution in [0.1, 0.15) is 38.1 Å². The molecule has 0 amide bonds. The van der Waals surface area contributed by atoms with Crippen molar-refractivity contribution >= 4 is 5.78 Å². The minimum Gasteiger partial charge on any atom is -0.367 e. The number of hydrogen-bond donors (Lipinski definition) is 0. The van der Waals surface area contributed by atoms with Crippen LogP contribution in [0.4, 0.5) is 0 Å². The summed E-state index contributed by atoms with van der Waals surface area (Å²) in [5.41, 5.74) is 0.363. The number of ketones is 1. The SMILES string of the molecule is CC1(C)CN(CC(=O)c2ccccc2)CC(C)(C)O1. The third-order valence-electron chi connectivity index (χ3n) is 3.22. The molecule has 1 saturated heterocycles. The van der Waals surface area contributed by atoms with Crippen LogP contribution >= 0.6 is 0 Å². The van der Waals surface area contributed by atoms with Gasteiger partial charge in [0, 0.05) is 18.7 Å². The molecule has 1 aliphatic rings. The highest BCUT2D eigenvalue weighted by atomic mass is 16.5. The van der Waals surface area contributed by atoms with Gasteiger partial charge in [0.25, 0.3) is 0 Å². The Kier molecular flexibility index (Phi) is 3.79. The highest BCUT2D eigenvalue weighted by molar-refractivity contribution is 5.97. The second-order valence-electron chi connectivity index (χ2n) is 6.56. The van der Waals surface area contributed by atoms with Crippen LogP contribution in [0.5, 0.6) is 0 Å². The first kappa shape index (κ1) is 14.2. The lowest BCUT2D eigenvalue weighted by Gasteiger charge is -2.47. The highest BCUT2D eigenvalue weighted by Gasteiger charge is 2.38. The van der Waals surface area contributed by atoms with Crippen LogP contribution in [0.15, 0.2) is 30.3 Å². The van der Waals surface area contributed by atoms with Gasteiger partial charge in [-0.25, -0.2) is 0 Å². The largest absolute Gasteiger partial charge is 0.367 e. The maximum Gasteiger partial charge on any atom is 0.176 e. The van der Waals surface area contributed by atoms with Crippen molar-refractivity contribution in [2.45, 2.75) is 38.9 Å². The van der Waals surface area contributed by atoms with Crippen molar-refractivity contribution < 1.29 is 9.53 Å². The van der Waals surface area contributed by atoms with Gasteiger partial charge in [-0.05, 0) is 27.7 Å². The molecule has 0 radical (unpaired) electrons. The predicted molar refractivity (Wildman–Crippen MR) is 76.5 cm³/mol. The standard InChI is InChI=1S/C16H23NO2/c1-15(2)11-17(12-16(3,4)19-15)10-14(18)13-8-6-5-7-9-13/h5-9H,10-12H2,1-4H3. The van der Waals surface area contributed by atoms with Crippen LogP contribution in [0.3, 0.4) is 0 Å². The maximum atomic E-state index is 12.3. The Morgan fingerprint density at radius 2 is 1.63 bits per heavy atom. The Bertz CT molecular complexity index is 435. The second kappa shape index (κ2) is 5.06. The molecule has 0 spiro atoms. The van der Waals surface area contributed by atoms with Crippen molar-refractivity contribution in [1.82, 2.24) is 4.90 Å². The number of carbonyl (C=O) groups excluding carboxylic acids is 1. The Morgan fingerprint density at radius 1 is 1.11 bits per heavy atom. The quantitative estimate of drug-likeness (QED) is 0.784. The summed E-state index contributed by atoms with van der Waals surface area (Å²) in [7, 11) is 0. The molecule has 1 aromatic rings. The van der Waals surface area contributed by atoms with Crippen molar-refractivity contribution in [1.29, 1.82) is 0 Å². The molecule has 0 unspecified atom stereocenters. The molecule has 0 bridgehead atoms. The Labute approximate surface area is 115 Å². The third kappa shape index (κ3) is 3.88. The number of carbonyl (C=O) groups is 1. The topological polar surface area (TPSA) is 29.5 Å². The van der Waals surface area contributed by atoms with Crippen molar-refractivity contribution in [3.8, 4) is 0 Å². The molecule has 1 aliphatic heterocycles. The van der Waals surface area contributed by atoms with E-state index in [0.717, 1.165) is 18.7 Å². The van der Waals surface area contributed by atoms with Gasteiger partial charge in [-0.15, -0.1) is 0 Å². The number of morpholine rings is 1. The number of Topliss-reactive ketones (excluding diaryl/α,β-unsaturated/α-hetero) is 1. The monoisotopic (exact) mass is 261 g/mol. The molecule has 0 N–H and O–H groups in total. The average Bonchev–Trinajstić information content (AvgIpc) is 2.25. The summed E-state index contributed by atoms with van der Waals surface area (Å²) >= 11 is 0. The average molecular weight is 261 g/mol. The summed E-state index contributed by atoms with van der Waals surface area (Å²) in [5, 5.41) is 0. The molecule has 0 aromatic heterocycles. The van der Waals surface area contributed by atoms with Crippen molar-refractivity contribution in [3.05, 3.63) is 35.9 Å². The number of benzene rings is 1. The molecule has 2 rings (SSSR count). The minimum atomic E-state index is -0.210. The first-order chi connectivity index (χ1) is 8.77. The highest BCUT2D eigenvalue weighted by Crippen LogP contribution is 2.27. The van der Waals surface area contributed by atoms with E-state index >= 15 is 0 Å². The summed E-state index contributed by atoms with van der Waals surface area (Å²) in [6.45, 7) is 10.3. The third-order valence-corrected chi connectivity index (χ3v) is 3.22. The molecule has 1 aromatic carbocycles. The normalized spacial score (nSPS) is 22.1. The predicted octanol–water partition coefficient (Wildman–Crippen LogP) is 2.76. The van der Waals surface area contributed by atoms with Gasteiger partial charge in [0.1, 0.15) is 0 Å². The van der Waals surface area contributed by atoms with E-state index in [1.165, 1.54) is 0 Å². The van der Waals surface area contributed by atoms with E-state index in [1.807, 2.05) is 30.3 Å². The van der Waals surface area contributed by atoms with Gasteiger partial charge in [0.2, 0.25) is 0 Å². The summed E-state index contributed by atoms with van der Waals surface area (Å²) in [4.78, 5) is 14.4. The van der Waals surface area contributed by atoms with Crippen LogP contribution in [-0.2, 0) is 4.74 Å². The fourth-order valence-corrected chi connectivity index (χ4v) is 2.98. The Balaban J connectivity index is 2.05. The van der Waals surface area contributed by atoms with Crippen molar-refractivity contribution in [2.24, 2.45) is 0 Å². The summed E-state index contributed by atoms with van der Waals surface area (Å²) in [6.07, 6.45) is 0. The van der Waals surface area contributed by atoms with Gasteiger partial charge in [-0.1, -0.05) is 30.3 Å². The second-order valence-corrected chi connectivity index (χ2v) is 6.56. The van der Waals surface area contributed by atoms with Gasteiger partial charge in [0.15, 0.2) is 5.78 Å². The first-order valence-corrected chi connectivity index (χ1v) is 6.78. The van der Waals surface area contributed by atoms with Crippen molar-refractivity contribution in [3.63, 3.8) is 0 Å². The molecular formula is C16H23NO2. The van der Waals surface area contributed by atoms with Crippen LogP contribution in [-0.4, -0.2) is 41.5 Å². The van der Waals surface area contributed by atoms with E-state index in [4.69, 9.17) is 4.74 Å². The molecule has 3 heteroatoms. The van der Waals surface area contributed by atoms with Gasteiger partial charge in [0.05, 0.1) is 17.7 Å². The van der Waals surface area contributed by atoms with E-state index in [0.29, 0.717) is 6.54 Å². The van der Waals surface area contributed by atoms with E-state index in [9.17, 15) is 4.79 Å². The zero-order valence-electron chi connectivity index (χ0n) is 12.3. The summed E-state index contributed by atoms with van der Waals surface area (Å²) in [6, 6.07) is 9.48. The molecule has 0 atom stereocenters. The lowest BCUT2D eigenvalue weighted by molar-refractivity contribution is -0.178. The number of hydrogen-bond acceptors (Lipinski definition) is 3. The number of ether oxygens (including phenoxy) is 1. The maximum absolute atomic E-state index is 12.3. The molecule has 0 saturated carbocycles. The first-order valence-electron chi connectivity index (χ1n) is 6.78. The molecule has 1 heterocycles. The van der Waals surface area contributed by atoms with E-state index in [2.05, 4.69) is 32.6 Å². The van der Waals surface area contributed by atoms with Gasteiger partial charge >= 0.3 is 0 Å². The van der Waals surface area contributed by atoms with Crippen LogP contribution in [0, 0.1) is 0 Å². The van der Waals surface area contributed by atoms with Gasteiger partial charge in [-0.3, -0.25) is 9.69 Å². The molecule has 3 nitrogen and oxygen atoms in total. The zero-order valence-corrected chi connectivity index (χ0v) is 12.3. The Morgan fingerprint density at radius 3 is 2.16 bits per heavy atom. The van der Waals surface area contributed by atoms with Gasteiger partial charge in [-0.2, -0.15) is 0 Å². The number of rotatable bonds is 3. The van der Waals surface area contributed by atoms with Crippen molar-refractivity contribution in [2.75, 3.05) is 19.6 Å². The summed E-state index contributed by atoms with van der Waals surface area (Å²) < 4.78 is 6.03. The minimum absolute atomic E-state index is 0.175. The molecular weight excluding hydrogens is 238 g/mol. The smallest absolute Gasteiger partial charge is 0.176 e. The van der Waals surface area contributed by atoms with Crippen LogP contribution in [0.25, 0.3) is 0 Å². The van der Waals surface area contributed by atoms with Crippen LogP contribution < -0.4 is 0 Å². The van der Waals surface area contributed by atoms with Gasteiger partial charge < -0.3 is 4.74 Å². The number of nitrogens with zero attached hydrogens (tertiary/aromatic N) is 1. The fourth-order valence-electron chi connectivity index (χ4n) is 2.98. The molecule has 19 heavy (non-hydrogen) atoms. The zero-order chi connectivity index (χ0) is 14.1. The summed E-state index contributed by atoms with van der Waals surface area (Å²) in [5.74, 6) is 0.175. The Hall–Kier alpha value is -1.19. The molecule has 104 valence electrons. The lowest BCUT2D eigenvalue weighted by Crippen LogP contribution is -2.58. The fraction of sp³-hybridized carbons (Fsp3) is 0.562. The van der Waals surface area contributed by atoms with E-state index in [-0.39, 0.29) is 17.0 Å². The van der Waals surface area contributed by atoms with E-state index in [1.54, 1.807) is 0 Å². The lowest BCUT2D eigenvalue weighted by atomic mass is 9.98. The van der Waals surface area contributed by atoms with E-state index < -0.39 is 0 Å². The molecule has 1 fully saturated rings. The molecule has 0 aliphatic carbocycles.